The second-order valence-corrected chi connectivity index (χ2v) is 17.9. The highest BCUT2D eigenvalue weighted by Gasteiger charge is 2.24. The minimum absolute atomic E-state index is 0.0697. The first-order valence-corrected chi connectivity index (χ1v) is 26.1. The largest absolute Gasteiger partial charge is 0.462 e. The predicted molar refractivity (Wildman–Crippen MR) is 255 cm³/mol. The van der Waals surface area contributed by atoms with E-state index >= 15 is 0 Å². The van der Waals surface area contributed by atoms with E-state index in [1.807, 2.05) is 0 Å². The molecular weight excluding hydrogens is 731 g/mol. The van der Waals surface area contributed by atoms with Crippen molar-refractivity contribution in [1.29, 1.82) is 0 Å². The summed E-state index contributed by atoms with van der Waals surface area (Å²) >= 11 is 0. The summed E-state index contributed by atoms with van der Waals surface area (Å²) in [5, 5.41) is 23.7. The van der Waals surface area contributed by atoms with Gasteiger partial charge in [0.2, 0.25) is 5.91 Å². The van der Waals surface area contributed by atoms with Crippen molar-refractivity contribution >= 4 is 11.9 Å². The molecule has 0 saturated heterocycles. The smallest absolute Gasteiger partial charge is 0.306 e. The number of aliphatic hydroxyl groups is 2. The number of unbranched alkanes of at least 4 members (excludes halogenated alkanes) is 31. The number of aliphatic hydroxyl groups excluding tert-OH is 2. The zero-order valence-corrected chi connectivity index (χ0v) is 39.7. The van der Waals surface area contributed by atoms with Gasteiger partial charge in [-0.3, -0.25) is 9.59 Å². The Hall–Kier alpha value is -1.66. The molecule has 0 fully saturated rings. The Kier molecular flexibility index (Phi) is 46.1. The summed E-state index contributed by atoms with van der Waals surface area (Å²) in [6, 6.07) is -0.701. The van der Waals surface area contributed by atoms with Gasteiger partial charge >= 0.3 is 5.97 Å². The van der Waals surface area contributed by atoms with E-state index in [0.717, 1.165) is 70.6 Å². The molecule has 59 heavy (non-hydrogen) atoms. The molecule has 0 rings (SSSR count). The molecule has 0 aromatic carbocycles. The van der Waals surface area contributed by atoms with Crippen LogP contribution in [0.2, 0.25) is 0 Å². The number of rotatable bonds is 47. The number of allylic oxidation sites excluding steroid dienone is 4. The highest BCUT2D eigenvalue weighted by molar-refractivity contribution is 5.77. The number of nitrogens with one attached hydrogen (secondary N) is 1. The maximum absolute atomic E-state index is 13.2. The van der Waals surface area contributed by atoms with Crippen molar-refractivity contribution < 1.29 is 24.5 Å². The molecule has 0 aliphatic heterocycles. The van der Waals surface area contributed by atoms with Gasteiger partial charge in [-0.2, -0.15) is 0 Å². The van der Waals surface area contributed by atoms with Crippen LogP contribution >= 0.6 is 0 Å². The summed E-state index contributed by atoms with van der Waals surface area (Å²) in [6.45, 7) is 6.45. The van der Waals surface area contributed by atoms with Crippen LogP contribution in [0.25, 0.3) is 0 Å². The van der Waals surface area contributed by atoms with E-state index in [0.29, 0.717) is 19.3 Å². The molecule has 348 valence electrons. The quantitative estimate of drug-likeness (QED) is 0.0322. The average Bonchev–Trinajstić information content (AvgIpc) is 3.23. The third kappa shape index (κ3) is 42.8. The first-order chi connectivity index (χ1) is 29.0. The van der Waals surface area contributed by atoms with E-state index in [4.69, 9.17) is 4.74 Å². The average molecular weight is 832 g/mol. The number of ether oxygens (including phenoxy) is 1. The summed E-state index contributed by atoms with van der Waals surface area (Å²) in [4.78, 5) is 26.1. The summed E-state index contributed by atoms with van der Waals surface area (Å²) in [6.07, 6.45) is 53.9. The number of carbonyl (C=O) groups is 2. The molecular formula is C53H101NO5. The number of hydrogen-bond acceptors (Lipinski definition) is 5. The predicted octanol–water partition coefficient (Wildman–Crippen LogP) is 15.5. The van der Waals surface area contributed by atoms with Crippen molar-refractivity contribution in [3.05, 3.63) is 24.3 Å². The van der Waals surface area contributed by atoms with Crippen LogP contribution in [0.1, 0.15) is 278 Å². The fourth-order valence-corrected chi connectivity index (χ4v) is 8.01. The van der Waals surface area contributed by atoms with Gasteiger partial charge in [-0.1, -0.05) is 212 Å². The van der Waals surface area contributed by atoms with Crippen molar-refractivity contribution in [1.82, 2.24) is 5.32 Å². The van der Waals surface area contributed by atoms with Gasteiger partial charge in [-0.15, -0.1) is 0 Å². The van der Waals surface area contributed by atoms with Crippen LogP contribution in [-0.4, -0.2) is 46.9 Å². The molecule has 0 saturated carbocycles. The molecule has 0 bridgehead atoms. The topological polar surface area (TPSA) is 95.9 Å². The molecule has 0 aromatic rings. The standard InChI is InChI=1S/C53H101NO5/c1-4-7-10-13-16-19-22-23-24-25-26-27-28-29-31-34-37-40-43-46-53(58)59-49(44-41-38-35-32-21-18-15-12-9-6-3)47-52(57)54-50(48-55)51(56)45-42-39-36-33-30-20-17-14-11-8-5-2/h18,21,23-24,49-51,55-56H,4-17,19-20,22,25-48H2,1-3H3,(H,54,57)/b21-18-,24-23+. The van der Waals surface area contributed by atoms with Crippen molar-refractivity contribution in [2.75, 3.05) is 6.61 Å². The van der Waals surface area contributed by atoms with Gasteiger partial charge in [0.25, 0.3) is 0 Å². The zero-order valence-electron chi connectivity index (χ0n) is 39.7. The van der Waals surface area contributed by atoms with Gasteiger partial charge in [0, 0.05) is 6.42 Å². The summed E-state index contributed by atoms with van der Waals surface area (Å²) in [5.74, 6) is -0.483. The van der Waals surface area contributed by atoms with Crippen LogP contribution in [0.3, 0.4) is 0 Å². The van der Waals surface area contributed by atoms with Crippen LogP contribution in [0.15, 0.2) is 24.3 Å². The lowest BCUT2D eigenvalue weighted by atomic mass is 10.0. The van der Waals surface area contributed by atoms with E-state index in [1.54, 1.807) is 0 Å². The molecule has 0 aliphatic rings. The molecule has 3 unspecified atom stereocenters. The van der Waals surface area contributed by atoms with E-state index in [1.165, 1.54) is 161 Å². The SMILES string of the molecule is CCCCC/C=C\CCCCCC(CC(=O)NC(CO)C(O)CCCCCCCCCCCCC)OC(=O)CCCCCCCCCCC/C=C/CCCCCCCC. The summed E-state index contributed by atoms with van der Waals surface area (Å²) < 4.78 is 5.92. The van der Waals surface area contributed by atoms with Crippen LogP contribution in [0.5, 0.6) is 0 Å². The lowest BCUT2D eigenvalue weighted by molar-refractivity contribution is -0.151. The van der Waals surface area contributed by atoms with Gasteiger partial charge in [0.15, 0.2) is 0 Å². The van der Waals surface area contributed by atoms with Crippen molar-refractivity contribution in [3.63, 3.8) is 0 Å². The Balaban J connectivity index is 4.44. The fraction of sp³-hybridized carbons (Fsp3) is 0.887. The van der Waals surface area contributed by atoms with Crippen LogP contribution in [0.4, 0.5) is 0 Å². The molecule has 3 N–H and O–H groups in total. The number of amides is 1. The molecule has 6 heteroatoms. The maximum atomic E-state index is 13.2. The molecule has 0 radical (unpaired) electrons. The molecule has 0 aromatic heterocycles. The van der Waals surface area contributed by atoms with E-state index in [9.17, 15) is 19.8 Å². The van der Waals surface area contributed by atoms with E-state index < -0.39 is 18.2 Å². The van der Waals surface area contributed by atoms with Gasteiger partial charge < -0.3 is 20.3 Å². The first kappa shape index (κ1) is 57.3. The van der Waals surface area contributed by atoms with Crippen molar-refractivity contribution in [2.24, 2.45) is 0 Å². The lowest BCUT2D eigenvalue weighted by Crippen LogP contribution is -2.46. The number of esters is 1. The normalized spacial score (nSPS) is 13.4. The van der Waals surface area contributed by atoms with Crippen LogP contribution < -0.4 is 5.32 Å². The number of carbonyl (C=O) groups excluding carboxylic acids is 2. The van der Waals surface area contributed by atoms with E-state index in [-0.39, 0.29) is 24.9 Å². The van der Waals surface area contributed by atoms with Crippen molar-refractivity contribution in [3.8, 4) is 0 Å². The zero-order chi connectivity index (χ0) is 43.1. The van der Waals surface area contributed by atoms with Crippen LogP contribution in [-0.2, 0) is 14.3 Å². The molecule has 3 atom stereocenters. The van der Waals surface area contributed by atoms with Crippen LogP contribution in [0, 0.1) is 0 Å². The Bertz CT molecular complexity index is 935. The van der Waals surface area contributed by atoms with Gasteiger partial charge in [-0.05, 0) is 77.0 Å². The summed E-state index contributed by atoms with van der Waals surface area (Å²) in [5.41, 5.74) is 0. The molecule has 1 amide bonds. The Morgan fingerprint density at radius 3 is 1.25 bits per heavy atom. The Morgan fingerprint density at radius 2 is 0.814 bits per heavy atom. The lowest BCUT2D eigenvalue weighted by Gasteiger charge is -2.24. The number of hydrogen-bond donors (Lipinski definition) is 3. The monoisotopic (exact) mass is 832 g/mol. The van der Waals surface area contributed by atoms with Crippen molar-refractivity contribution in [2.45, 2.75) is 296 Å². The second kappa shape index (κ2) is 47.4. The third-order valence-electron chi connectivity index (χ3n) is 12.0. The Labute approximate surface area is 367 Å². The third-order valence-corrected chi connectivity index (χ3v) is 12.0. The molecule has 6 nitrogen and oxygen atoms in total. The highest BCUT2D eigenvalue weighted by Crippen LogP contribution is 2.18. The fourth-order valence-electron chi connectivity index (χ4n) is 8.01. The molecule has 0 heterocycles. The Morgan fingerprint density at radius 1 is 0.475 bits per heavy atom. The first-order valence-electron chi connectivity index (χ1n) is 26.1. The van der Waals surface area contributed by atoms with Gasteiger partial charge in [0.1, 0.15) is 6.10 Å². The minimum Gasteiger partial charge on any atom is -0.462 e. The minimum atomic E-state index is -0.787. The highest BCUT2D eigenvalue weighted by atomic mass is 16.5. The summed E-state index contributed by atoms with van der Waals surface area (Å²) in [7, 11) is 0. The van der Waals surface area contributed by atoms with Gasteiger partial charge in [0.05, 0.1) is 25.2 Å². The maximum Gasteiger partial charge on any atom is 0.306 e. The van der Waals surface area contributed by atoms with E-state index in [2.05, 4.69) is 50.4 Å². The molecule has 0 aliphatic carbocycles. The van der Waals surface area contributed by atoms with Gasteiger partial charge in [-0.25, -0.2) is 0 Å². The second-order valence-electron chi connectivity index (χ2n) is 17.9. The molecule has 0 spiro atoms.